The molecule has 7 heteroatoms. The van der Waals surface area contributed by atoms with Crippen LogP contribution in [0, 0.1) is 0 Å². The number of rotatable bonds is 6. The van der Waals surface area contributed by atoms with Gasteiger partial charge < -0.3 is 10.6 Å². The van der Waals surface area contributed by atoms with Gasteiger partial charge in [0.2, 0.25) is 0 Å². The summed E-state index contributed by atoms with van der Waals surface area (Å²) in [5.74, 6) is 0.924. The minimum absolute atomic E-state index is 0.0251. The lowest BCUT2D eigenvalue weighted by Gasteiger charge is -2.24. The highest BCUT2D eigenvalue weighted by Gasteiger charge is 2.64. The van der Waals surface area contributed by atoms with E-state index < -0.39 is 11.7 Å². The molecule has 0 saturated heterocycles. The van der Waals surface area contributed by atoms with Gasteiger partial charge in [0.25, 0.3) is 0 Å². The molecule has 1 aromatic rings. The Kier molecular flexibility index (Phi) is 4.30. The fraction of sp³-hybridized carbons (Fsp3) is 0.714. The second-order valence-electron chi connectivity index (χ2n) is 5.77. The lowest BCUT2D eigenvalue weighted by atomic mass is 10.0. The second kappa shape index (κ2) is 5.69. The van der Waals surface area contributed by atoms with Crippen molar-refractivity contribution in [2.24, 2.45) is 0 Å². The third-order valence-electron chi connectivity index (χ3n) is 3.65. The monoisotopic (exact) mass is 302 g/mol. The first-order valence-corrected chi connectivity index (χ1v) is 7.24. The van der Waals surface area contributed by atoms with Gasteiger partial charge in [-0.3, -0.25) is 0 Å². The minimum atomic E-state index is -4.26. The quantitative estimate of drug-likeness (QED) is 0.836. The fourth-order valence-electron chi connectivity index (χ4n) is 2.26. The molecule has 1 aliphatic carbocycles. The first-order chi connectivity index (χ1) is 9.81. The molecule has 0 bridgehead atoms. The van der Waals surface area contributed by atoms with E-state index in [0.29, 0.717) is 11.4 Å². The van der Waals surface area contributed by atoms with Crippen LogP contribution in [0.5, 0.6) is 0 Å². The molecule has 0 aliphatic heterocycles. The number of hydrogen-bond donors (Lipinski definition) is 2. The lowest BCUT2D eigenvalue weighted by Crippen LogP contribution is -2.39. The Morgan fingerprint density at radius 1 is 1.24 bits per heavy atom. The van der Waals surface area contributed by atoms with E-state index in [1.165, 1.54) is 6.33 Å². The average molecular weight is 302 g/mol. The molecule has 1 aromatic heterocycles. The highest BCUT2D eigenvalue weighted by molar-refractivity contribution is 5.60. The average Bonchev–Trinajstić information content (AvgIpc) is 3.16. The van der Waals surface area contributed by atoms with Crippen LogP contribution in [0.4, 0.5) is 24.8 Å². The Bertz CT molecular complexity index is 495. The molecule has 118 valence electrons. The van der Waals surface area contributed by atoms with Gasteiger partial charge in [-0.1, -0.05) is 20.8 Å². The number of alkyl halides is 3. The SMILES string of the molecule is CCCNc1ncnc(NC2(C(F)(F)F)CC2)c1C(C)C. The number of nitrogens with one attached hydrogen (secondary N) is 2. The largest absolute Gasteiger partial charge is 0.411 e. The van der Waals surface area contributed by atoms with Crippen LogP contribution < -0.4 is 10.6 Å². The molecule has 21 heavy (non-hydrogen) atoms. The summed E-state index contributed by atoms with van der Waals surface area (Å²) in [6.45, 7) is 6.59. The van der Waals surface area contributed by atoms with E-state index >= 15 is 0 Å². The Hall–Kier alpha value is -1.53. The number of nitrogens with zero attached hydrogens (tertiary/aromatic N) is 2. The van der Waals surface area contributed by atoms with Crippen molar-refractivity contribution in [3.05, 3.63) is 11.9 Å². The van der Waals surface area contributed by atoms with Crippen molar-refractivity contribution in [2.75, 3.05) is 17.2 Å². The Balaban J connectivity index is 2.31. The van der Waals surface area contributed by atoms with E-state index in [-0.39, 0.29) is 24.6 Å². The molecule has 1 heterocycles. The summed E-state index contributed by atoms with van der Waals surface area (Å²) >= 11 is 0. The Labute approximate surface area is 122 Å². The zero-order valence-corrected chi connectivity index (χ0v) is 12.5. The molecule has 1 saturated carbocycles. The molecule has 1 aliphatic rings. The highest BCUT2D eigenvalue weighted by Crippen LogP contribution is 2.51. The van der Waals surface area contributed by atoms with Crippen LogP contribution in [0.15, 0.2) is 6.33 Å². The topological polar surface area (TPSA) is 49.8 Å². The van der Waals surface area contributed by atoms with E-state index in [0.717, 1.165) is 13.0 Å². The summed E-state index contributed by atoms with van der Waals surface area (Å²) in [6, 6.07) is 0. The van der Waals surface area contributed by atoms with E-state index in [4.69, 9.17) is 0 Å². The van der Waals surface area contributed by atoms with Crippen LogP contribution in [0.25, 0.3) is 0 Å². The van der Waals surface area contributed by atoms with Crippen molar-refractivity contribution in [1.82, 2.24) is 9.97 Å². The van der Waals surface area contributed by atoms with E-state index in [1.54, 1.807) is 0 Å². The van der Waals surface area contributed by atoms with Gasteiger partial charge in [-0.25, -0.2) is 9.97 Å². The van der Waals surface area contributed by atoms with Crippen LogP contribution in [-0.4, -0.2) is 28.2 Å². The van der Waals surface area contributed by atoms with Gasteiger partial charge in [0.15, 0.2) is 0 Å². The molecular weight excluding hydrogens is 281 g/mol. The van der Waals surface area contributed by atoms with Gasteiger partial charge in [0.1, 0.15) is 23.5 Å². The molecule has 0 unspecified atom stereocenters. The summed E-state index contributed by atoms with van der Waals surface area (Å²) in [7, 11) is 0. The third-order valence-corrected chi connectivity index (χ3v) is 3.65. The standard InChI is InChI=1S/C14H21F3N4/c1-4-7-18-11-10(9(2)3)12(20-8-19-11)21-13(5-6-13)14(15,16)17/h8-9H,4-7H2,1-3H3,(H2,18,19,20,21). The van der Waals surface area contributed by atoms with Crippen molar-refractivity contribution in [3.63, 3.8) is 0 Å². The van der Waals surface area contributed by atoms with Crippen molar-refractivity contribution in [3.8, 4) is 0 Å². The molecule has 0 aromatic carbocycles. The van der Waals surface area contributed by atoms with Gasteiger partial charge in [-0.2, -0.15) is 13.2 Å². The predicted octanol–water partition coefficient (Wildman–Crippen LogP) is 3.93. The maximum atomic E-state index is 13.1. The van der Waals surface area contributed by atoms with Crippen LogP contribution in [-0.2, 0) is 0 Å². The number of hydrogen-bond acceptors (Lipinski definition) is 4. The van der Waals surface area contributed by atoms with E-state index in [9.17, 15) is 13.2 Å². The first-order valence-electron chi connectivity index (χ1n) is 7.24. The zero-order valence-electron chi connectivity index (χ0n) is 12.5. The van der Waals surface area contributed by atoms with Gasteiger partial charge >= 0.3 is 6.18 Å². The van der Waals surface area contributed by atoms with Gasteiger partial charge in [0, 0.05) is 12.1 Å². The molecule has 0 radical (unpaired) electrons. The molecule has 2 rings (SSSR count). The number of anilines is 2. The van der Waals surface area contributed by atoms with Crippen molar-refractivity contribution in [2.45, 2.75) is 57.7 Å². The fourth-order valence-corrected chi connectivity index (χ4v) is 2.26. The van der Waals surface area contributed by atoms with Gasteiger partial charge in [0.05, 0.1) is 0 Å². The molecule has 0 spiro atoms. The molecule has 0 amide bonds. The maximum Gasteiger partial charge on any atom is 0.411 e. The van der Waals surface area contributed by atoms with E-state index in [2.05, 4.69) is 20.6 Å². The van der Waals surface area contributed by atoms with Crippen LogP contribution >= 0.6 is 0 Å². The Morgan fingerprint density at radius 2 is 1.86 bits per heavy atom. The lowest BCUT2D eigenvalue weighted by molar-refractivity contribution is -0.151. The van der Waals surface area contributed by atoms with Crippen LogP contribution in [0.1, 0.15) is 51.5 Å². The summed E-state index contributed by atoms with van der Waals surface area (Å²) < 4.78 is 39.3. The molecule has 1 fully saturated rings. The minimum Gasteiger partial charge on any atom is -0.370 e. The summed E-state index contributed by atoms with van der Waals surface area (Å²) in [5.41, 5.74) is -1.10. The van der Waals surface area contributed by atoms with E-state index in [1.807, 2.05) is 20.8 Å². The second-order valence-corrected chi connectivity index (χ2v) is 5.77. The van der Waals surface area contributed by atoms with Crippen molar-refractivity contribution >= 4 is 11.6 Å². The summed E-state index contributed by atoms with van der Waals surface area (Å²) in [6.07, 6.45) is -1.86. The summed E-state index contributed by atoms with van der Waals surface area (Å²) in [5, 5.41) is 5.78. The first kappa shape index (κ1) is 15.9. The molecule has 4 nitrogen and oxygen atoms in total. The smallest absolute Gasteiger partial charge is 0.370 e. The van der Waals surface area contributed by atoms with Gasteiger partial charge in [-0.15, -0.1) is 0 Å². The normalized spacial score (nSPS) is 16.9. The molecule has 2 N–H and O–H groups in total. The van der Waals surface area contributed by atoms with Gasteiger partial charge in [-0.05, 0) is 25.2 Å². The maximum absolute atomic E-state index is 13.1. The molecular formula is C14H21F3N4. The van der Waals surface area contributed by atoms with Crippen molar-refractivity contribution in [1.29, 1.82) is 0 Å². The summed E-state index contributed by atoms with van der Waals surface area (Å²) in [4.78, 5) is 8.21. The van der Waals surface area contributed by atoms with Crippen LogP contribution in [0.3, 0.4) is 0 Å². The van der Waals surface area contributed by atoms with Crippen LogP contribution in [0.2, 0.25) is 0 Å². The zero-order chi connectivity index (χ0) is 15.7. The third kappa shape index (κ3) is 3.22. The highest BCUT2D eigenvalue weighted by atomic mass is 19.4. The number of aromatic nitrogens is 2. The predicted molar refractivity (Wildman–Crippen MR) is 76.5 cm³/mol. The number of halogens is 3. The van der Waals surface area contributed by atoms with Crippen molar-refractivity contribution < 1.29 is 13.2 Å². The Morgan fingerprint density at radius 3 is 2.33 bits per heavy atom. The molecule has 0 atom stereocenters.